The van der Waals surface area contributed by atoms with E-state index < -0.39 is 0 Å². The number of nitrogens with zero attached hydrogens (tertiary/aromatic N) is 5. The van der Waals surface area contributed by atoms with E-state index in [1.54, 1.807) is 22.6 Å². The smallest absolute Gasteiger partial charge is 0.209 e. The molecule has 3 aromatic rings. The van der Waals surface area contributed by atoms with Gasteiger partial charge in [0.1, 0.15) is 6.33 Å². The lowest BCUT2D eigenvalue weighted by Crippen LogP contribution is -2.38. The first-order valence-electron chi connectivity index (χ1n) is 8.05. The van der Waals surface area contributed by atoms with E-state index in [1.807, 2.05) is 24.3 Å². The van der Waals surface area contributed by atoms with Gasteiger partial charge in [-0.2, -0.15) is 0 Å². The van der Waals surface area contributed by atoms with Crippen LogP contribution in [0.1, 0.15) is 27.7 Å². The third kappa shape index (κ3) is 3.48. The number of fused-ring (bicyclic) bond motifs is 3. The minimum absolute atomic E-state index is 0.553. The highest BCUT2D eigenvalue weighted by atomic mass is 32.2. The van der Waals surface area contributed by atoms with Gasteiger partial charge in [0, 0.05) is 29.8 Å². The number of rotatable bonds is 6. The maximum absolute atomic E-state index is 4.68. The Labute approximate surface area is 141 Å². The average molecular weight is 329 g/mol. The molecule has 1 aromatic carbocycles. The summed E-state index contributed by atoms with van der Waals surface area (Å²) >= 11 is 1.71. The van der Waals surface area contributed by atoms with E-state index in [4.69, 9.17) is 0 Å². The molecule has 0 aliphatic rings. The van der Waals surface area contributed by atoms with E-state index in [1.165, 1.54) is 0 Å². The molecule has 5 nitrogen and oxygen atoms in total. The largest absolute Gasteiger partial charge is 0.298 e. The summed E-state index contributed by atoms with van der Waals surface area (Å²) in [6.45, 7) is 10.0. The van der Waals surface area contributed by atoms with Crippen LogP contribution in [-0.2, 0) is 0 Å². The Morgan fingerprint density at radius 1 is 1.13 bits per heavy atom. The molecular weight excluding hydrogens is 306 g/mol. The number of hydrogen-bond donors (Lipinski definition) is 0. The number of thioether (sulfide) groups is 1. The van der Waals surface area contributed by atoms with Crippen molar-refractivity contribution in [3.63, 3.8) is 0 Å². The lowest BCUT2D eigenvalue weighted by atomic mass is 10.2. The zero-order valence-electron chi connectivity index (χ0n) is 14.1. The van der Waals surface area contributed by atoms with Gasteiger partial charge < -0.3 is 0 Å². The molecule has 0 fully saturated rings. The fraction of sp³-hybridized carbons (Fsp3) is 0.471. The molecule has 0 spiro atoms. The second kappa shape index (κ2) is 6.84. The molecule has 0 radical (unpaired) electrons. The number of hydrogen-bond acceptors (Lipinski definition) is 5. The van der Waals surface area contributed by atoms with Gasteiger partial charge in [-0.15, -0.1) is 5.10 Å². The summed E-state index contributed by atoms with van der Waals surface area (Å²) in [5, 5.41) is 6.39. The first-order valence-corrected chi connectivity index (χ1v) is 9.03. The number of benzene rings is 1. The third-order valence-corrected chi connectivity index (χ3v) is 4.79. The maximum atomic E-state index is 4.68. The molecule has 122 valence electrons. The van der Waals surface area contributed by atoms with Crippen LogP contribution in [0, 0.1) is 0 Å². The van der Waals surface area contributed by atoms with Crippen molar-refractivity contribution in [3.05, 3.63) is 30.6 Å². The van der Waals surface area contributed by atoms with E-state index in [9.17, 15) is 0 Å². The molecule has 0 N–H and O–H groups in total. The van der Waals surface area contributed by atoms with Crippen LogP contribution in [0.5, 0.6) is 0 Å². The van der Waals surface area contributed by atoms with Crippen LogP contribution >= 0.6 is 11.8 Å². The zero-order chi connectivity index (χ0) is 16.4. The SMILES string of the molecule is CC(C)N(CCSc1nc2c3ccccc3ncn2n1)C(C)C. The monoisotopic (exact) mass is 329 g/mol. The predicted molar refractivity (Wildman–Crippen MR) is 96.0 cm³/mol. The van der Waals surface area contributed by atoms with Crippen molar-refractivity contribution in [2.45, 2.75) is 44.9 Å². The first-order chi connectivity index (χ1) is 11.1. The van der Waals surface area contributed by atoms with Gasteiger partial charge in [0.15, 0.2) is 5.65 Å². The minimum Gasteiger partial charge on any atom is -0.298 e. The van der Waals surface area contributed by atoms with Crippen LogP contribution in [-0.4, -0.2) is 48.9 Å². The second-order valence-corrected chi connectivity index (χ2v) is 7.26. The van der Waals surface area contributed by atoms with E-state index >= 15 is 0 Å². The Kier molecular flexibility index (Phi) is 4.82. The Balaban J connectivity index is 1.75. The van der Waals surface area contributed by atoms with Crippen LogP contribution in [0.4, 0.5) is 0 Å². The van der Waals surface area contributed by atoms with Gasteiger partial charge in [-0.3, -0.25) is 4.90 Å². The molecule has 0 saturated carbocycles. The van der Waals surface area contributed by atoms with Crippen LogP contribution in [0.15, 0.2) is 35.7 Å². The van der Waals surface area contributed by atoms with Crippen molar-refractivity contribution >= 4 is 28.3 Å². The quantitative estimate of drug-likeness (QED) is 0.648. The molecular formula is C17H23N5S. The van der Waals surface area contributed by atoms with Crippen LogP contribution in [0.3, 0.4) is 0 Å². The Morgan fingerprint density at radius 2 is 1.87 bits per heavy atom. The summed E-state index contributed by atoms with van der Waals surface area (Å²) in [5.74, 6) is 0.985. The van der Waals surface area contributed by atoms with Gasteiger partial charge >= 0.3 is 0 Å². The molecule has 0 atom stereocenters. The highest BCUT2D eigenvalue weighted by Gasteiger charge is 2.14. The fourth-order valence-electron chi connectivity index (χ4n) is 2.88. The summed E-state index contributed by atoms with van der Waals surface area (Å²) in [7, 11) is 0. The number of aromatic nitrogens is 4. The molecule has 0 bridgehead atoms. The van der Waals surface area contributed by atoms with Gasteiger partial charge in [0.2, 0.25) is 5.16 Å². The third-order valence-electron chi connectivity index (χ3n) is 3.97. The van der Waals surface area contributed by atoms with Gasteiger partial charge in [-0.05, 0) is 39.8 Å². The van der Waals surface area contributed by atoms with Crippen LogP contribution < -0.4 is 0 Å². The van der Waals surface area contributed by atoms with Crippen molar-refractivity contribution in [3.8, 4) is 0 Å². The van der Waals surface area contributed by atoms with E-state index in [0.29, 0.717) is 12.1 Å². The molecule has 0 unspecified atom stereocenters. The Hall–Kier alpha value is -1.66. The highest BCUT2D eigenvalue weighted by Crippen LogP contribution is 2.20. The first kappa shape index (κ1) is 16.2. The van der Waals surface area contributed by atoms with Gasteiger partial charge in [-0.1, -0.05) is 23.9 Å². The van der Waals surface area contributed by atoms with Gasteiger partial charge in [0.05, 0.1) is 5.52 Å². The van der Waals surface area contributed by atoms with Crippen molar-refractivity contribution in [1.29, 1.82) is 0 Å². The predicted octanol–water partition coefficient (Wildman–Crippen LogP) is 3.49. The van der Waals surface area contributed by atoms with Gasteiger partial charge in [-0.25, -0.2) is 14.5 Å². The Morgan fingerprint density at radius 3 is 2.61 bits per heavy atom. The summed E-state index contributed by atoms with van der Waals surface area (Å²) < 4.78 is 1.77. The summed E-state index contributed by atoms with van der Waals surface area (Å²) in [6, 6.07) is 9.15. The van der Waals surface area contributed by atoms with Crippen molar-refractivity contribution < 1.29 is 0 Å². The van der Waals surface area contributed by atoms with Crippen molar-refractivity contribution in [1.82, 2.24) is 24.5 Å². The lowest BCUT2D eigenvalue weighted by Gasteiger charge is -2.30. The molecule has 0 aliphatic heterocycles. The van der Waals surface area contributed by atoms with Crippen molar-refractivity contribution in [2.75, 3.05) is 12.3 Å². The minimum atomic E-state index is 0.553. The zero-order valence-corrected chi connectivity index (χ0v) is 14.9. The number of para-hydroxylation sites is 1. The molecule has 0 saturated heterocycles. The summed E-state index contributed by atoms with van der Waals surface area (Å²) in [6.07, 6.45) is 1.74. The highest BCUT2D eigenvalue weighted by molar-refractivity contribution is 7.99. The maximum Gasteiger partial charge on any atom is 0.209 e. The lowest BCUT2D eigenvalue weighted by molar-refractivity contribution is 0.187. The van der Waals surface area contributed by atoms with Crippen LogP contribution in [0.2, 0.25) is 0 Å². The van der Waals surface area contributed by atoms with E-state index in [-0.39, 0.29) is 0 Å². The molecule has 2 aromatic heterocycles. The Bertz CT molecular complexity index is 788. The summed E-state index contributed by atoms with van der Waals surface area (Å²) in [5.41, 5.74) is 1.83. The summed E-state index contributed by atoms with van der Waals surface area (Å²) in [4.78, 5) is 11.6. The standard InChI is InChI=1S/C17H23N5S/c1-12(2)21(13(3)4)9-10-23-17-19-16-14-7-5-6-8-15(14)18-11-22(16)20-17/h5-8,11-13H,9-10H2,1-4H3. The molecule has 23 heavy (non-hydrogen) atoms. The molecule has 0 amide bonds. The van der Waals surface area contributed by atoms with Crippen LogP contribution in [0.25, 0.3) is 16.6 Å². The molecule has 6 heteroatoms. The second-order valence-electron chi connectivity index (χ2n) is 6.20. The van der Waals surface area contributed by atoms with Gasteiger partial charge in [0.25, 0.3) is 0 Å². The molecule has 3 rings (SSSR count). The normalized spacial score (nSPS) is 12.3. The van der Waals surface area contributed by atoms with Crippen molar-refractivity contribution in [2.24, 2.45) is 0 Å². The molecule has 0 aliphatic carbocycles. The molecule has 2 heterocycles. The van der Waals surface area contributed by atoms with E-state index in [0.717, 1.165) is 34.0 Å². The topological polar surface area (TPSA) is 46.3 Å². The average Bonchev–Trinajstić information content (AvgIpc) is 2.94. The van der Waals surface area contributed by atoms with E-state index in [2.05, 4.69) is 47.7 Å². The fourth-order valence-corrected chi connectivity index (χ4v) is 3.66.